The molecule has 2 bridgehead atoms. The molecule has 5 heteroatoms. The Morgan fingerprint density at radius 2 is 1.73 bits per heavy atom. The van der Waals surface area contributed by atoms with Gasteiger partial charge in [-0.2, -0.15) is 0 Å². The topological polar surface area (TPSA) is 69.7 Å². The highest BCUT2D eigenvalue weighted by atomic mass is 16.6. The normalized spacial score (nSPS) is 33.8. The molecule has 1 saturated heterocycles. The smallest absolute Gasteiger partial charge is 0.351 e. The summed E-state index contributed by atoms with van der Waals surface area (Å²) in [6, 6.07) is 0. The van der Waals surface area contributed by atoms with E-state index in [1.54, 1.807) is 0 Å². The molecule has 5 nitrogen and oxygen atoms in total. The molecule has 3 rings (SSSR count). The van der Waals surface area contributed by atoms with Gasteiger partial charge in [0, 0.05) is 10.8 Å². The fourth-order valence-electron chi connectivity index (χ4n) is 5.19. The van der Waals surface area contributed by atoms with Crippen molar-refractivity contribution in [2.45, 2.75) is 85.2 Å². The number of rotatable bonds is 5. The second kappa shape index (κ2) is 6.07. The van der Waals surface area contributed by atoms with Crippen molar-refractivity contribution in [1.82, 2.24) is 0 Å². The largest absolute Gasteiger partial charge is 0.455 e. The highest BCUT2D eigenvalue weighted by molar-refractivity contribution is 5.95. The Labute approximate surface area is 156 Å². The van der Waals surface area contributed by atoms with E-state index in [2.05, 4.69) is 0 Å². The van der Waals surface area contributed by atoms with Crippen LogP contribution < -0.4 is 0 Å². The molecule has 0 N–H and O–H groups in total. The van der Waals surface area contributed by atoms with E-state index in [1.807, 2.05) is 34.6 Å². The third kappa shape index (κ3) is 2.45. The van der Waals surface area contributed by atoms with Crippen molar-refractivity contribution in [1.29, 1.82) is 0 Å². The van der Waals surface area contributed by atoms with Gasteiger partial charge in [0.2, 0.25) is 5.60 Å². The highest BCUT2D eigenvalue weighted by Gasteiger charge is 2.76. The van der Waals surface area contributed by atoms with E-state index in [0.717, 1.165) is 25.7 Å². The standard InChI is InChI=1S/C21H32O5/c1-18(2,14-9-7-6-8-10-14)15(22)13-25-17(24)21-12-11-20(5,16(23)26-21)19(21,3)4/h14H,6-13H2,1-5H3/t20-,21-/m1/s1. The minimum Gasteiger partial charge on any atom is -0.455 e. The molecule has 0 aromatic heterocycles. The molecule has 2 atom stereocenters. The second-order valence-corrected chi connectivity index (χ2v) is 9.73. The number of ether oxygens (including phenoxy) is 2. The summed E-state index contributed by atoms with van der Waals surface area (Å²) in [6.45, 7) is 9.32. The van der Waals surface area contributed by atoms with Crippen LogP contribution in [0.2, 0.25) is 0 Å². The van der Waals surface area contributed by atoms with Crippen molar-refractivity contribution in [2.24, 2.45) is 22.2 Å². The first kappa shape index (κ1) is 19.4. The van der Waals surface area contributed by atoms with Crippen LogP contribution in [0.3, 0.4) is 0 Å². The van der Waals surface area contributed by atoms with E-state index in [-0.39, 0.29) is 18.4 Å². The maximum atomic E-state index is 12.9. The zero-order valence-electron chi connectivity index (χ0n) is 16.8. The maximum Gasteiger partial charge on any atom is 0.351 e. The Morgan fingerprint density at radius 1 is 1.12 bits per heavy atom. The number of ketones is 1. The molecule has 2 aliphatic carbocycles. The van der Waals surface area contributed by atoms with Crippen molar-refractivity contribution in [2.75, 3.05) is 6.61 Å². The van der Waals surface area contributed by atoms with Crippen LogP contribution in [0.25, 0.3) is 0 Å². The molecule has 1 aliphatic heterocycles. The molecular formula is C21H32O5. The van der Waals surface area contributed by atoms with Gasteiger partial charge in [-0.25, -0.2) is 4.79 Å². The number of carbonyl (C=O) groups excluding carboxylic acids is 3. The summed E-state index contributed by atoms with van der Waals surface area (Å²) in [5, 5.41) is 0. The molecule has 0 radical (unpaired) electrons. The monoisotopic (exact) mass is 364 g/mol. The predicted molar refractivity (Wildman–Crippen MR) is 96.3 cm³/mol. The van der Waals surface area contributed by atoms with Crippen molar-refractivity contribution >= 4 is 17.7 Å². The zero-order valence-corrected chi connectivity index (χ0v) is 16.8. The van der Waals surface area contributed by atoms with Crippen molar-refractivity contribution in [3.05, 3.63) is 0 Å². The molecule has 26 heavy (non-hydrogen) atoms. The molecule has 3 aliphatic rings. The Bertz CT molecular complexity index is 628. The number of carbonyl (C=O) groups is 3. The lowest BCUT2D eigenvalue weighted by molar-refractivity contribution is -0.184. The molecule has 0 aromatic carbocycles. The number of esters is 2. The van der Waals surface area contributed by atoms with E-state index in [1.165, 1.54) is 6.42 Å². The first-order chi connectivity index (χ1) is 12.0. The van der Waals surface area contributed by atoms with Gasteiger partial charge >= 0.3 is 11.9 Å². The van der Waals surface area contributed by atoms with Gasteiger partial charge in [-0.15, -0.1) is 0 Å². The SMILES string of the molecule is CC(C)(C(=O)COC(=O)[C@@]12CC[C@](C)(C(=O)O1)C2(C)C)C1CCCCC1. The molecule has 0 aromatic rings. The van der Waals surface area contributed by atoms with Crippen LogP contribution in [0.1, 0.15) is 79.6 Å². The second-order valence-electron chi connectivity index (χ2n) is 9.73. The van der Waals surface area contributed by atoms with E-state index in [0.29, 0.717) is 18.8 Å². The molecule has 0 amide bonds. The summed E-state index contributed by atoms with van der Waals surface area (Å²) in [5.41, 5.74) is -3.06. The Kier molecular flexibility index (Phi) is 4.52. The molecule has 2 saturated carbocycles. The summed E-state index contributed by atoms with van der Waals surface area (Å²) < 4.78 is 11.0. The Morgan fingerprint density at radius 3 is 2.23 bits per heavy atom. The number of fused-ring (bicyclic) bond motifs is 2. The lowest BCUT2D eigenvalue weighted by Crippen LogP contribution is -2.49. The average Bonchev–Trinajstić information content (AvgIpc) is 2.90. The van der Waals surface area contributed by atoms with E-state index >= 15 is 0 Å². The molecular weight excluding hydrogens is 332 g/mol. The van der Waals surface area contributed by atoms with Crippen LogP contribution in [0.5, 0.6) is 0 Å². The van der Waals surface area contributed by atoms with Crippen molar-refractivity contribution in [3.63, 3.8) is 0 Å². The van der Waals surface area contributed by atoms with E-state index in [4.69, 9.17) is 9.47 Å². The Balaban J connectivity index is 1.67. The number of hydrogen-bond donors (Lipinski definition) is 0. The molecule has 1 heterocycles. The van der Waals surface area contributed by atoms with Gasteiger partial charge < -0.3 is 9.47 Å². The van der Waals surface area contributed by atoms with Gasteiger partial charge in [0.15, 0.2) is 12.4 Å². The minimum absolute atomic E-state index is 0.0444. The van der Waals surface area contributed by atoms with E-state index in [9.17, 15) is 14.4 Å². The van der Waals surface area contributed by atoms with Gasteiger partial charge in [-0.1, -0.05) is 47.0 Å². The number of hydrogen-bond acceptors (Lipinski definition) is 5. The number of Topliss-reactive ketones (excluding diaryl/α,β-unsaturated/α-hetero) is 1. The van der Waals surface area contributed by atoms with Gasteiger partial charge in [0.25, 0.3) is 0 Å². The summed E-state index contributed by atoms with van der Waals surface area (Å²) in [5.74, 6) is -0.599. The van der Waals surface area contributed by atoms with Gasteiger partial charge in [-0.3, -0.25) is 9.59 Å². The van der Waals surface area contributed by atoms with Crippen LogP contribution in [-0.2, 0) is 23.9 Å². The summed E-state index contributed by atoms with van der Waals surface area (Å²) >= 11 is 0. The fourth-order valence-corrected chi connectivity index (χ4v) is 5.19. The molecule has 146 valence electrons. The third-order valence-electron chi connectivity index (χ3n) is 8.09. The van der Waals surface area contributed by atoms with Crippen molar-refractivity contribution < 1.29 is 23.9 Å². The molecule has 3 fully saturated rings. The summed E-state index contributed by atoms with van der Waals surface area (Å²) in [4.78, 5) is 38.0. The molecule has 0 unspecified atom stereocenters. The highest BCUT2D eigenvalue weighted by Crippen LogP contribution is 2.65. The average molecular weight is 364 g/mol. The maximum absolute atomic E-state index is 12.9. The van der Waals surface area contributed by atoms with Gasteiger partial charge in [-0.05, 0) is 38.5 Å². The quantitative estimate of drug-likeness (QED) is 0.694. The van der Waals surface area contributed by atoms with Gasteiger partial charge in [0.05, 0.1) is 5.41 Å². The fraction of sp³-hybridized carbons (Fsp3) is 0.857. The summed E-state index contributed by atoms with van der Waals surface area (Å²) in [6.07, 6.45) is 6.73. The third-order valence-corrected chi connectivity index (χ3v) is 8.09. The first-order valence-corrected chi connectivity index (χ1v) is 9.93. The van der Waals surface area contributed by atoms with Crippen molar-refractivity contribution in [3.8, 4) is 0 Å². The zero-order chi connectivity index (χ0) is 19.4. The van der Waals surface area contributed by atoms with Crippen LogP contribution in [0, 0.1) is 22.2 Å². The van der Waals surface area contributed by atoms with Gasteiger partial charge in [0.1, 0.15) is 0 Å². The van der Waals surface area contributed by atoms with Crippen LogP contribution in [0.15, 0.2) is 0 Å². The lowest BCUT2D eigenvalue weighted by atomic mass is 9.66. The Hall–Kier alpha value is -1.39. The minimum atomic E-state index is -1.26. The molecule has 0 spiro atoms. The van der Waals surface area contributed by atoms with Crippen LogP contribution in [0.4, 0.5) is 0 Å². The van der Waals surface area contributed by atoms with Crippen LogP contribution >= 0.6 is 0 Å². The summed E-state index contributed by atoms with van der Waals surface area (Å²) in [7, 11) is 0. The van der Waals surface area contributed by atoms with E-state index < -0.39 is 27.8 Å². The predicted octanol–water partition coefficient (Wildman–Crippen LogP) is 3.83. The lowest BCUT2D eigenvalue weighted by Gasteiger charge is -2.37. The first-order valence-electron chi connectivity index (χ1n) is 9.93. The van der Waals surface area contributed by atoms with Crippen LogP contribution in [-0.4, -0.2) is 29.9 Å².